The van der Waals surface area contributed by atoms with E-state index in [-0.39, 0.29) is 5.78 Å². The number of hydrogen-bond donors (Lipinski definition) is 0. The molecule has 0 fully saturated rings. The topological polar surface area (TPSA) is 48.7 Å². The molecule has 4 rings (SSSR count). The fourth-order valence-corrected chi connectivity index (χ4v) is 3.77. The Morgan fingerprint density at radius 2 is 1.71 bits per heavy atom. The van der Waals surface area contributed by atoms with Gasteiger partial charge in [-0.2, -0.15) is 0 Å². The predicted octanol–water partition coefficient (Wildman–Crippen LogP) is 6.51. The van der Waals surface area contributed by atoms with Gasteiger partial charge in [-0.1, -0.05) is 43.7 Å². The Bertz CT molecular complexity index is 1190. The molecule has 0 saturated carbocycles. The van der Waals surface area contributed by atoms with E-state index in [2.05, 4.69) is 6.92 Å². The molecule has 0 spiro atoms. The second-order valence-electron chi connectivity index (χ2n) is 7.56. The molecule has 1 heterocycles. The van der Waals surface area contributed by atoms with Crippen molar-refractivity contribution in [2.45, 2.75) is 33.3 Å². The van der Waals surface area contributed by atoms with Crippen LogP contribution in [-0.2, 0) is 13.0 Å². The van der Waals surface area contributed by atoms with E-state index in [1.807, 2.05) is 49.4 Å². The van der Waals surface area contributed by atoms with Crippen molar-refractivity contribution in [3.05, 3.63) is 94.7 Å². The molecule has 0 aliphatic heterocycles. The molecule has 0 bridgehead atoms. The van der Waals surface area contributed by atoms with Crippen molar-refractivity contribution in [3.63, 3.8) is 0 Å². The van der Waals surface area contributed by atoms with Gasteiger partial charge < -0.3 is 13.9 Å². The zero-order chi connectivity index (χ0) is 21.8. The zero-order valence-electron chi connectivity index (χ0n) is 18.1. The molecule has 0 amide bonds. The number of methoxy groups -OCH3 is 1. The van der Waals surface area contributed by atoms with Crippen LogP contribution in [0.3, 0.4) is 0 Å². The van der Waals surface area contributed by atoms with Gasteiger partial charge in [0.05, 0.1) is 7.11 Å². The molecule has 0 N–H and O–H groups in total. The van der Waals surface area contributed by atoms with Crippen LogP contribution in [-0.4, -0.2) is 12.9 Å². The van der Waals surface area contributed by atoms with Gasteiger partial charge in [0.2, 0.25) is 5.78 Å². The van der Waals surface area contributed by atoms with Gasteiger partial charge in [0, 0.05) is 22.1 Å². The average Bonchev–Trinajstić information content (AvgIpc) is 3.15. The molecule has 0 atom stereocenters. The van der Waals surface area contributed by atoms with E-state index in [1.165, 1.54) is 0 Å². The highest BCUT2D eigenvalue weighted by Gasteiger charge is 2.22. The number of hydrogen-bond acceptors (Lipinski definition) is 4. The molecular weight excluding hydrogens is 388 g/mol. The number of rotatable bonds is 8. The molecule has 0 unspecified atom stereocenters. The third-order valence-corrected chi connectivity index (χ3v) is 5.46. The van der Waals surface area contributed by atoms with Crippen molar-refractivity contribution in [1.29, 1.82) is 0 Å². The second kappa shape index (κ2) is 9.09. The predicted molar refractivity (Wildman–Crippen MR) is 122 cm³/mol. The van der Waals surface area contributed by atoms with E-state index in [4.69, 9.17) is 13.9 Å². The Labute approximate surface area is 182 Å². The van der Waals surface area contributed by atoms with Crippen molar-refractivity contribution in [3.8, 4) is 11.5 Å². The number of ether oxygens (including phenoxy) is 2. The van der Waals surface area contributed by atoms with Crippen LogP contribution in [0.15, 0.2) is 71.1 Å². The highest BCUT2D eigenvalue weighted by molar-refractivity contribution is 6.10. The summed E-state index contributed by atoms with van der Waals surface area (Å²) in [4.78, 5) is 13.1. The first kappa shape index (κ1) is 20.7. The monoisotopic (exact) mass is 414 g/mol. The number of benzene rings is 3. The highest BCUT2D eigenvalue weighted by atomic mass is 16.5. The van der Waals surface area contributed by atoms with Crippen LogP contribution >= 0.6 is 0 Å². The van der Waals surface area contributed by atoms with E-state index < -0.39 is 0 Å². The maximum Gasteiger partial charge on any atom is 0.228 e. The van der Waals surface area contributed by atoms with Crippen LogP contribution in [0.2, 0.25) is 0 Å². The maximum absolute atomic E-state index is 13.1. The Balaban J connectivity index is 1.71. The van der Waals surface area contributed by atoms with Crippen molar-refractivity contribution < 1.29 is 18.7 Å². The summed E-state index contributed by atoms with van der Waals surface area (Å²) in [6.07, 6.45) is 1.76. The van der Waals surface area contributed by atoms with Crippen molar-refractivity contribution in [2.75, 3.05) is 7.11 Å². The lowest BCUT2D eigenvalue weighted by Crippen LogP contribution is -2.01. The fraction of sp³-hybridized carbons (Fsp3) is 0.222. The standard InChI is InChI=1S/C27H26O4/c1-4-8-23-24(30-17-19-9-6-5-7-10-19)16-15-22-18(2)26(31-27(22)23)25(28)20-11-13-21(29-3)14-12-20/h5-7,9-16H,4,8,17H2,1-3H3. The molecule has 0 aliphatic carbocycles. The second-order valence-corrected chi connectivity index (χ2v) is 7.56. The molecule has 0 aliphatic rings. The fourth-order valence-electron chi connectivity index (χ4n) is 3.77. The first-order chi connectivity index (χ1) is 15.1. The van der Waals surface area contributed by atoms with Crippen LogP contribution in [0.4, 0.5) is 0 Å². The van der Waals surface area contributed by atoms with Crippen molar-refractivity contribution in [1.82, 2.24) is 0 Å². The Kier molecular flexibility index (Phi) is 6.08. The number of fused-ring (bicyclic) bond motifs is 1. The minimum atomic E-state index is -0.134. The van der Waals surface area contributed by atoms with Crippen LogP contribution in [0.25, 0.3) is 11.0 Å². The summed E-state index contributed by atoms with van der Waals surface area (Å²) in [5.41, 5.74) is 4.27. The maximum atomic E-state index is 13.1. The Morgan fingerprint density at radius 3 is 2.39 bits per heavy atom. The normalized spacial score (nSPS) is 10.9. The number of aryl methyl sites for hydroxylation is 2. The summed E-state index contributed by atoms with van der Waals surface area (Å²) in [7, 11) is 1.60. The molecule has 0 saturated heterocycles. The van der Waals surface area contributed by atoms with Gasteiger partial charge in [-0.3, -0.25) is 4.79 Å². The average molecular weight is 415 g/mol. The van der Waals surface area contributed by atoms with Crippen LogP contribution in [0.5, 0.6) is 11.5 Å². The van der Waals surface area contributed by atoms with Gasteiger partial charge in [-0.15, -0.1) is 0 Å². The van der Waals surface area contributed by atoms with Gasteiger partial charge >= 0.3 is 0 Å². The first-order valence-electron chi connectivity index (χ1n) is 10.5. The first-order valence-corrected chi connectivity index (χ1v) is 10.5. The lowest BCUT2D eigenvalue weighted by Gasteiger charge is -2.12. The molecule has 1 aromatic heterocycles. The molecule has 158 valence electrons. The molecule has 4 heteroatoms. The largest absolute Gasteiger partial charge is 0.497 e. The SMILES string of the molecule is CCCc1c(OCc2ccccc2)ccc2c(C)c(C(=O)c3ccc(OC)cc3)oc12. The molecule has 4 aromatic rings. The number of ketones is 1. The van der Waals surface area contributed by atoms with E-state index in [1.54, 1.807) is 31.4 Å². The Hall–Kier alpha value is -3.53. The van der Waals surface area contributed by atoms with E-state index in [0.29, 0.717) is 23.7 Å². The van der Waals surface area contributed by atoms with Crippen LogP contribution < -0.4 is 9.47 Å². The van der Waals surface area contributed by atoms with E-state index >= 15 is 0 Å². The summed E-state index contributed by atoms with van der Waals surface area (Å²) >= 11 is 0. The molecule has 3 aromatic carbocycles. The van der Waals surface area contributed by atoms with Crippen molar-refractivity contribution in [2.24, 2.45) is 0 Å². The summed E-state index contributed by atoms with van der Waals surface area (Å²) in [5.74, 6) is 1.75. The van der Waals surface area contributed by atoms with Crippen LogP contribution in [0.1, 0.15) is 46.2 Å². The zero-order valence-corrected chi connectivity index (χ0v) is 18.1. The summed E-state index contributed by atoms with van der Waals surface area (Å²) in [6, 6.07) is 21.1. The van der Waals surface area contributed by atoms with Crippen molar-refractivity contribution >= 4 is 16.8 Å². The van der Waals surface area contributed by atoms with Gasteiger partial charge in [0.15, 0.2) is 5.76 Å². The summed E-state index contributed by atoms with van der Waals surface area (Å²) in [6.45, 7) is 4.54. The number of carbonyl (C=O) groups excluding carboxylic acids is 1. The molecule has 31 heavy (non-hydrogen) atoms. The number of carbonyl (C=O) groups is 1. The van der Waals surface area contributed by atoms with Gasteiger partial charge in [0.25, 0.3) is 0 Å². The third-order valence-electron chi connectivity index (χ3n) is 5.46. The van der Waals surface area contributed by atoms with E-state index in [0.717, 1.165) is 46.3 Å². The van der Waals surface area contributed by atoms with Gasteiger partial charge in [-0.05, 0) is 55.3 Å². The summed E-state index contributed by atoms with van der Waals surface area (Å²) in [5, 5.41) is 0.951. The summed E-state index contributed by atoms with van der Waals surface area (Å²) < 4.78 is 17.5. The minimum absolute atomic E-state index is 0.134. The van der Waals surface area contributed by atoms with Gasteiger partial charge in [-0.25, -0.2) is 0 Å². The highest BCUT2D eigenvalue weighted by Crippen LogP contribution is 2.35. The quantitative estimate of drug-likeness (QED) is 0.308. The molecule has 4 nitrogen and oxygen atoms in total. The lowest BCUT2D eigenvalue weighted by molar-refractivity contribution is 0.101. The smallest absolute Gasteiger partial charge is 0.228 e. The van der Waals surface area contributed by atoms with Crippen LogP contribution in [0, 0.1) is 6.92 Å². The lowest BCUT2D eigenvalue weighted by atomic mass is 10.0. The third kappa shape index (κ3) is 4.19. The van der Waals surface area contributed by atoms with E-state index in [9.17, 15) is 4.79 Å². The number of furan rings is 1. The minimum Gasteiger partial charge on any atom is -0.497 e. The van der Waals surface area contributed by atoms with Gasteiger partial charge in [0.1, 0.15) is 23.7 Å². The molecular formula is C27H26O4. The molecule has 0 radical (unpaired) electrons. The Morgan fingerprint density at radius 1 is 0.968 bits per heavy atom.